The zero-order chi connectivity index (χ0) is 92.2. The largest absolute Gasteiger partial charge is 0.391 e. The maximum atomic E-state index is 13.5. The molecule has 3 saturated carbocycles. The Labute approximate surface area is 770 Å². The van der Waals surface area contributed by atoms with Crippen molar-refractivity contribution in [2.24, 2.45) is 0 Å². The average molecular weight is 1840 g/mol. The van der Waals surface area contributed by atoms with Gasteiger partial charge in [-0.05, 0) is 247 Å². The van der Waals surface area contributed by atoms with Gasteiger partial charge >= 0.3 is 0 Å². The first-order chi connectivity index (χ1) is 61.5. The number of likely N-dealkylation sites (tertiary alicyclic amines) is 4. The highest BCUT2D eigenvalue weighted by Gasteiger charge is 2.44. The van der Waals surface area contributed by atoms with E-state index in [2.05, 4.69) is 97.9 Å². The van der Waals surface area contributed by atoms with Crippen molar-refractivity contribution in [1.29, 1.82) is 0 Å². The number of aliphatic hydroxyl groups is 3. The van der Waals surface area contributed by atoms with Gasteiger partial charge in [-0.25, -0.2) is 39.9 Å². The first-order valence-electron chi connectivity index (χ1n) is 45.7. The van der Waals surface area contributed by atoms with Crippen molar-refractivity contribution in [3.05, 3.63) is 114 Å². The van der Waals surface area contributed by atoms with Gasteiger partial charge in [0.1, 0.15) is 46.0 Å². The van der Waals surface area contributed by atoms with E-state index in [4.69, 9.17) is 4.74 Å². The molecule has 8 aromatic rings. The third-order valence-electron chi connectivity index (χ3n) is 25.2. The van der Waals surface area contributed by atoms with Gasteiger partial charge in [-0.2, -0.15) is 0 Å². The van der Waals surface area contributed by atoms with Crippen molar-refractivity contribution in [1.82, 2.24) is 80.3 Å². The van der Waals surface area contributed by atoms with Crippen LogP contribution in [0.25, 0.3) is 41.8 Å². The average Bonchev–Trinajstić information content (AvgIpc) is 1.59. The Balaban J connectivity index is 0.000000139. The van der Waals surface area contributed by atoms with E-state index in [0.717, 1.165) is 156 Å². The minimum absolute atomic E-state index is 0.0982. The molecule has 692 valence electrons. The Morgan fingerprint density at radius 2 is 0.605 bits per heavy atom. The lowest BCUT2D eigenvalue weighted by atomic mass is 9.89. The SMILES string of the molecule is Cc1cc(NC(C)C)ncc1-c1sc(C(=O)N2CC3CC(C2)O3)nc1C(=O)N1CCC[C@@H]1C.Cc1cc(NC(C)C)ncc1-c1sc(C(=O)NC2CCC2O)nc1C(=O)N1CCC[C@@H]1C.Cc1cc(NC(C)C)ncc1-c1sc(C(=O)N[C@@H]2CC[C@@H]2O)nc1C(=O)N1CCC[C@@H]1C.Cc1cc(NC(C)C)ncc1-c1sc(C(=O)N[C@@H]2CC[C@H]2O)nc1C(=O)N1CCC[C@@H]1C. The van der Waals surface area contributed by atoms with Gasteiger partial charge in [0.15, 0.2) is 20.0 Å². The van der Waals surface area contributed by atoms with Crippen LogP contribution >= 0.6 is 45.3 Å². The molecule has 15 heterocycles. The first-order valence-corrected chi connectivity index (χ1v) is 48.9. The van der Waals surface area contributed by atoms with E-state index in [1.165, 1.54) is 45.3 Å². The third-order valence-corrected chi connectivity index (χ3v) is 29.6. The summed E-state index contributed by atoms with van der Waals surface area (Å²) in [5.41, 5.74) is 8.38. The van der Waals surface area contributed by atoms with Crippen molar-refractivity contribution in [2.75, 3.05) is 60.5 Å². The third kappa shape index (κ3) is 21.9. The summed E-state index contributed by atoms with van der Waals surface area (Å²) in [7, 11) is 0. The lowest BCUT2D eigenvalue weighted by molar-refractivity contribution is -0.171. The number of aliphatic hydroxyl groups excluding tert-OH is 3. The van der Waals surface area contributed by atoms with Gasteiger partial charge in [0.25, 0.3) is 47.3 Å². The molecule has 129 heavy (non-hydrogen) atoms. The van der Waals surface area contributed by atoms with E-state index in [-0.39, 0.29) is 141 Å². The van der Waals surface area contributed by atoms with Crippen LogP contribution in [-0.2, 0) is 4.74 Å². The van der Waals surface area contributed by atoms with Crippen molar-refractivity contribution >= 4 is 116 Å². The highest BCUT2D eigenvalue weighted by Crippen LogP contribution is 2.42. The molecular weight excluding hydrogens is 1720 g/mol. The summed E-state index contributed by atoms with van der Waals surface area (Å²) in [5, 5.41) is 52.2. The molecule has 0 spiro atoms. The van der Waals surface area contributed by atoms with Crippen molar-refractivity contribution in [3.8, 4) is 41.8 Å². The monoisotopic (exact) mass is 1840 g/mol. The fraction of sp³-hybridized carbons (Fsp3) is 0.570. The molecule has 36 heteroatoms. The zero-order valence-corrected chi connectivity index (χ0v) is 79.9. The minimum Gasteiger partial charge on any atom is -0.391 e. The Kier molecular flexibility index (Phi) is 30.3. The number of amides is 8. The molecule has 10 N–H and O–H groups in total. The number of piperidine rings is 1. The van der Waals surface area contributed by atoms with Crippen molar-refractivity contribution in [2.45, 2.75) is 304 Å². The highest BCUT2D eigenvalue weighted by molar-refractivity contribution is 7.18. The normalized spacial score (nSPS) is 23.1. The number of nitrogens with zero attached hydrogens (tertiary/aromatic N) is 13. The van der Waals surface area contributed by atoms with Gasteiger partial charge in [-0.1, -0.05) is 0 Å². The zero-order valence-electron chi connectivity index (χ0n) is 76.7. The van der Waals surface area contributed by atoms with Gasteiger partial charge in [-0.15, -0.1) is 45.3 Å². The second kappa shape index (κ2) is 41.2. The summed E-state index contributed by atoms with van der Waals surface area (Å²) >= 11 is 4.93. The number of aryl methyl sites for hydroxylation is 4. The predicted octanol–water partition coefficient (Wildman–Crippen LogP) is 13.2. The molecule has 7 saturated heterocycles. The van der Waals surface area contributed by atoms with Gasteiger partial charge in [-0.3, -0.25) is 38.4 Å². The number of morpholine rings is 1. The maximum absolute atomic E-state index is 13.5. The number of ether oxygens (including phenoxy) is 1. The van der Waals surface area contributed by atoms with E-state index in [1.807, 2.05) is 139 Å². The number of thiazole rings is 4. The Morgan fingerprint density at radius 1 is 0.364 bits per heavy atom. The van der Waals surface area contributed by atoms with E-state index >= 15 is 0 Å². The molecule has 18 rings (SSSR count). The lowest BCUT2D eigenvalue weighted by Gasteiger charge is -2.46. The van der Waals surface area contributed by atoms with Crippen molar-refractivity contribution in [3.63, 3.8) is 0 Å². The van der Waals surface area contributed by atoms with Crippen LogP contribution in [0.3, 0.4) is 0 Å². The Morgan fingerprint density at radius 3 is 0.806 bits per heavy atom. The van der Waals surface area contributed by atoms with Gasteiger partial charge < -0.3 is 81.8 Å². The number of hydrogen-bond acceptors (Lipinski definition) is 28. The number of pyridine rings is 4. The molecule has 8 aromatic heterocycles. The molecular formula is C93H124N20O12S4. The molecule has 0 aromatic carbocycles. The standard InChI is InChI=1S/C24H31N5O3S.3C23H31N5O3S/c1-13(2)26-19-8-14(3)18(10-25-19)21-20(23(30)29-7-5-6-15(29)4)27-22(33-21)24(31)28-11-16-9-17(12-28)32-16;3*1-12(2)25-18-10-13(3)15(11-24-18)20-19(23(31)28-9-5-6-14(28)4)27-22(32-20)21(30)26-16-7-8-17(16)29/h8,10,13,15-17H,5-7,9,11-12H2,1-4H3,(H,25,26);3*10-12,14,16-17,29H,5-9H2,1-4H3,(H,24,25)(H,26,30)/t15-,16?,17?;14-,16?,17?;14-,16+,17+;14-,16+,17-/m0000/s1. The number of hydrogen-bond donors (Lipinski definition) is 10. The summed E-state index contributed by atoms with van der Waals surface area (Å²) in [6, 6.07) is 8.73. The van der Waals surface area contributed by atoms with Crippen LogP contribution < -0.4 is 37.2 Å². The first kappa shape index (κ1) is 95.0. The number of anilines is 4. The lowest BCUT2D eigenvalue weighted by Crippen LogP contribution is -2.58. The van der Waals surface area contributed by atoms with Gasteiger partial charge in [0, 0.05) is 141 Å². The highest BCUT2D eigenvalue weighted by atomic mass is 32.1. The number of nitrogens with one attached hydrogen (secondary N) is 7. The second-order valence-electron chi connectivity index (χ2n) is 37.0. The number of carbonyl (C=O) groups is 8. The molecule has 7 aliphatic heterocycles. The van der Waals surface area contributed by atoms with Gasteiger partial charge in [0.05, 0.1) is 68.2 Å². The van der Waals surface area contributed by atoms with Crippen LogP contribution in [-0.4, -0.2) is 263 Å². The quantitative estimate of drug-likeness (QED) is 0.0284. The summed E-state index contributed by atoms with van der Waals surface area (Å²) < 4.78 is 5.68. The molecule has 10 aliphatic rings. The van der Waals surface area contributed by atoms with E-state index < -0.39 is 18.3 Å². The number of carbonyl (C=O) groups excluding carboxylic acids is 8. The van der Waals surface area contributed by atoms with Crippen LogP contribution in [0.5, 0.6) is 0 Å². The minimum atomic E-state index is -0.516. The molecule has 2 bridgehead atoms. The number of fused-ring (bicyclic) bond motifs is 2. The molecule has 0 radical (unpaired) electrons. The molecule has 12 atom stereocenters. The fourth-order valence-corrected chi connectivity index (χ4v) is 21.6. The van der Waals surface area contributed by atoms with Crippen LogP contribution in [0.1, 0.15) is 283 Å². The van der Waals surface area contributed by atoms with E-state index in [9.17, 15) is 53.7 Å². The summed E-state index contributed by atoms with van der Waals surface area (Å²) in [4.78, 5) is 154. The molecule has 8 amide bonds. The van der Waals surface area contributed by atoms with Crippen LogP contribution in [0.4, 0.5) is 23.3 Å². The van der Waals surface area contributed by atoms with Gasteiger partial charge in [0.2, 0.25) is 0 Å². The second-order valence-corrected chi connectivity index (χ2v) is 41.0. The van der Waals surface area contributed by atoms with Crippen LogP contribution in [0, 0.1) is 27.7 Å². The Hall–Kier alpha value is -10.1. The van der Waals surface area contributed by atoms with Crippen molar-refractivity contribution < 1.29 is 58.4 Å². The summed E-state index contributed by atoms with van der Waals surface area (Å²) in [6.07, 6.45) is 18.8. The predicted molar refractivity (Wildman–Crippen MR) is 503 cm³/mol. The molecule has 10 fully saturated rings. The summed E-state index contributed by atoms with van der Waals surface area (Å²) in [5.74, 6) is 1.40. The van der Waals surface area contributed by atoms with E-state index in [0.29, 0.717) is 94.4 Å². The number of aromatic nitrogens is 8. The van der Waals surface area contributed by atoms with Crippen LogP contribution in [0.2, 0.25) is 0 Å². The summed E-state index contributed by atoms with van der Waals surface area (Å²) in [6.45, 7) is 36.5. The van der Waals surface area contributed by atoms with Crippen LogP contribution in [0.15, 0.2) is 49.1 Å². The topological polar surface area (TPSA) is 410 Å². The maximum Gasteiger partial charge on any atom is 0.283 e. The molecule has 4 unspecified atom stereocenters. The molecule has 3 aliphatic carbocycles. The van der Waals surface area contributed by atoms with E-state index in [1.54, 1.807) is 24.8 Å². The fourth-order valence-electron chi connectivity index (χ4n) is 17.4. The smallest absolute Gasteiger partial charge is 0.283 e. The number of rotatable bonds is 23. The Bertz CT molecular complexity index is 5060. The molecule has 32 nitrogen and oxygen atoms in total.